The van der Waals surface area contributed by atoms with Gasteiger partial charge in [-0.2, -0.15) is 9.97 Å². The number of hydrogen-bond acceptors (Lipinski definition) is 11. The molecule has 238 valence electrons. The van der Waals surface area contributed by atoms with Gasteiger partial charge in [0.15, 0.2) is 10.0 Å². The summed E-state index contributed by atoms with van der Waals surface area (Å²) in [4.78, 5) is 14.3. The number of halogens is 2. The fourth-order valence-corrected chi connectivity index (χ4v) is 9.28. The summed E-state index contributed by atoms with van der Waals surface area (Å²) in [6.45, 7) is 9.79. The molecule has 0 spiro atoms. The Hall–Kier alpha value is -2.59. The molecule has 7 rings (SSSR count). The molecule has 3 aliphatic heterocycles. The van der Waals surface area contributed by atoms with Crippen LogP contribution >= 0.6 is 11.3 Å². The van der Waals surface area contributed by atoms with Gasteiger partial charge in [-0.3, -0.25) is 4.90 Å². The molecule has 2 unspecified atom stereocenters. The van der Waals surface area contributed by atoms with Gasteiger partial charge in [-0.1, -0.05) is 11.3 Å². The maximum absolute atomic E-state index is 13.7. The number of sulfonamides is 1. The minimum absolute atomic E-state index is 0.0567. The number of anilines is 1. The van der Waals surface area contributed by atoms with Crippen molar-refractivity contribution in [2.75, 3.05) is 37.7 Å². The predicted molar refractivity (Wildman–Crippen MR) is 164 cm³/mol. The number of fused-ring (bicyclic) bond motifs is 2. The summed E-state index contributed by atoms with van der Waals surface area (Å²) in [5, 5.41) is 11.4. The van der Waals surface area contributed by atoms with E-state index in [9.17, 15) is 17.2 Å². The van der Waals surface area contributed by atoms with Gasteiger partial charge in [-0.15, -0.1) is 10.2 Å². The first-order valence-corrected chi connectivity index (χ1v) is 17.6. The van der Waals surface area contributed by atoms with Crippen LogP contribution in [0.5, 0.6) is 6.01 Å². The van der Waals surface area contributed by atoms with Crippen molar-refractivity contribution in [1.29, 1.82) is 0 Å². The lowest BCUT2D eigenvalue weighted by molar-refractivity contribution is 0.108. The molecule has 1 saturated carbocycles. The van der Waals surface area contributed by atoms with Crippen molar-refractivity contribution >= 4 is 38.0 Å². The number of ether oxygens (including phenoxy) is 1. The van der Waals surface area contributed by atoms with Gasteiger partial charge >= 0.3 is 6.01 Å². The van der Waals surface area contributed by atoms with E-state index in [0.29, 0.717) is 36.3 Å². The zero-order valence-corrected chi connectivity index (χ0v) is 26.8. The van der Waals surface area contributed by atoms with Crippen LogP contribution in [0.2, 0.25) is 0 Å². The van der Waals surface area contributed by atoms with Crippen molar-refractivity contribution in [3.63, 3.8) is 0 Å². The summed E-state index contributed by atoms with van der Waals surface area (Å²) in [6, 6.07) is 3.59. The molecule has 1 aromatic carbocycles. The normalized spacial score (nSPS) is 24.7. The van der Waals surface area contributed by atoms with Crippen LogP contribution < -0.4 is 19.7 Å². The maximum atomic E-state index is 13.7. The molecule has 11 nitrogen and oxygen atoms in total. The first-order chi connectivity index (χ1) is 20.9. The van der Waals surface area contributed by atoms with Crippen LogP contribution in [-0.2, 0) is 10.0 Å². The van der Waals surface area contributed by atoms with E-state index in [1.807, 2.05) is 6.92 Å². The lowest BCUT2D eigenvalue weighted by Crippen LogP contribution is -2.54. The summed E-state index contributed by atoms with van der Waals surface area (Å²) in [5.74, 6) is 0. The average Bonchev–Trinajstić information content (AvgIpc) is 3.33. The number of benzene rings is 1. The van der Waals surface area contributed by atoms with E-state index in [1.54, 1.807) is 6.07 Å². The molecule has 0 bridgehead atoms. The summed E-state index contributed by atoms with van der Waals surface area (Å²) < 4.78 is 63.9. The third-order valence-electron chi connectivity index (χ3n) is 9.43. The van der Waals surface area contributed by atoms with E-state index in [4.69, 9.17) is 14.7 Å². The molecule has 0 amide bonds. The Labute approximate surface area is 259 Å². The number of hydrogen-bond donors (Lipinski definition) is 2. The number of piperazine rings is 1. The van der Waals surface area contributed by atoms with Crippen LogP contribution in [0.4, 0.5) is 14.5 Å². The van der Waals surface area contributed by atoms with E-state index < -0.39 is 27.0 Å². The van der Waals surface area contributed by atoms with E-state index in [2.05, 4.69) is 43.9 Å². The number of nitrogens with one attached hydrogen (secondary N) is 2. The van der Waals surface area contributed by atoms with E-state index in [-0.39, 0.29) is 39.2 Å². The summed E-state index contributed by atoms with van der Waals surface area (Å²) in [5.41, 5.74) is 0.802. The summed E-state index contributed by atoms with van der Waals surface area (Å²) >= 11 is 0.736. The molecule has 4 fully saturated rings. The number of rotatable bonds is 9. The molecule has 4 aliphatic rings. The monoisotopic (exact) mass is 648 g/mol. The van der Waals surface area contributed by atoms with Crippen molar-refractivity contribution in [3.8, 4) is 16.7 Å². The molecule has 2 atom stereocenters. The highest BCUT2D eigenvalue weighted by Gasteiger charge is 2.45. The standard InChI is InChI=1S/C29H38F2N8O3S2/c1-17-14-38(15-18(2)32-17)21-13-19(44(40,41)37-28(3)8-9-28)12-20-22(21)33-27(34-23(20)25-35-36-26(43-25)24(30)31)42-16-29-6-4-10-39(29)11-5-7-29/h12-13,17-18,24,32,37H,4-11,14-16H2,1-3H3. The molecule has 2 N–H and O–H groups in total. The number of alkyl halides is 2. The van der Waals surface area contributed by atoms with Crippen LogP contribution in [0.1, 0.15) is 70.7 Å². The van der Waals surface area contributed by atoms with Crippen LogP contribution in [0, 0.1) is 0 Å². The van der Waals surface area contributed by atoms with Gasteiger partial charge in [0, 0.05) is 36.1 Å². The van der Waals surface area contributed by atoms with E-state index in [0.717, 1.165) is 63.0 Å². The van der Waals surface area contributed by atoms with Gasteiger partial charge in [0.25, 0.3) is 6.43 Å². The lowest BCUT2D eigenvalue weighted by atomic mass is 9.95. The number of nitrogens with zero attached hydrogens (tertiary/aromatic N) is 6. The highest BCUT2D eigenvalue weighted by Crippen LogP contribution is 2.42. The molecule has 15 heteroatoms. The van der Waals surface area contributed by atoms with Crippen molar-refractivity contribution in [3.05, 3.63) is 17.1 Å². The Balaban J connectivity index is 1.39. The van der Waals surface area contributed by atoms with E-state index >= 15 is 0 Å². The zero-order chi connectivity index (χ0) is 30.9. The highest BCUT2D eigenvalue weighted by atomic mass is 32.2. The van der Waals surface area contributed by atoms with Crippen molar-refractivity contribution in [2.45, 2.75) is 93.8 Å². The summed E-state index contributed by atoms with van der Waals surface area (Å²) in [7, 11) is -3.92. The smallest absolute Gasteiger partial charge is 0.317 e. The third kappa shape index (κ3) is 5.65. The van der Waals surface area contributed by atoms with Crippen molar-refractivity contribution < 1.29 is 21.9 Å². The Bertz CT molecular complexity index is 1660. The second kappa shape index (κ2) is 11.0. The van der Waals surface area contributed by atoms with Gasteiger partial charge in [0.05, 0.1) is 16.1 Å². The van der Waals surface area contributed by atoms with Crippen LogP contribution in [0.15, 0.2) is 17.0 Å². The molecule has 5 heterocycles. The lowest BCUT2D eigenvalue weighted by Gasteiger charge is -2.38. The quantitative estimate of drug-likeness (QED) is 0.350. The zero-order valence-electron chi connectivity index (χ0n) is 25.1. The second-order valence-electron chi connectivity index (χ2n) is 13.2. The Morgan fingerprint density at radius 2 is 1.80 bits per heavy atom. The Kier molecular flexibility index (Phi) is 7.55. The SMILES string of the molecule is CC1CN(c2cc(S(=O)(=O)NC3(C)CC3)cc3c(-c4nnc(C(F)F)s4)nc(OCC45CCCN4CCC5)nc23)CC(C)N1. The van der Waals surface area contributed by atoms with Gasteiger partial charge in [0.2, 0.25) is 10.0 Å². The number of aromatic nitrogens is 4. The molecular weight excluding hydrogens is 611 g/mol. The minimum atomic E-state index is -3.92. The largest absolute Gasteiger partial charge is 0.461 e. The molecule has 2 aromatic heterocycles. The predicted octanol–water partition coefficient (Wildman–Crippen LogP) is 4.11. The van der Waals surface area contributed by atoms with Gasteiger partial charge < -0.3 is 15.0 Å². The van der Waals surface area contributed by atoms with Crippen LogP contribution in [0.3, 0.4) is 0 Å². The van der Waals surface area contributed by atoms with Gasteiger partial charge in [-0.25, -0.2) is 21.9 Å². The van der Waals surface area contributed by atoms with Crippen LogP contribution in [0.25, 0.3) is 21.6 Å². The minimum Gasteiger partial charge on any atom is -0.461 e. The average molecular weight is 649 g/mol. The van der Waals surface area contributed by atoms with Crippen LogP contribution in [-0.4, -0.2) is 89.4 Å². The maximum Gasteiger partial charge on any atom is 0.317 e. The molecule has 3 saturated heterocycles. The Morgan fingerprint density at radius 1 is 1.09 bits per heavy atom. The van der Waals surface area contributed by atoms with Gasteiger partial charge in [0.1, 0.15) is 17.8 Å². The topological polar surface area (TPSA) is 125 Å². The van der Waals surface area contributed by atoms with Crippen molar-refractivity contribution in [1.82, 2.24) is 35.1 Å². The molecule has 1 aliphatic carbocycles. The summed E-state index contributed by atoms with van der Waals surface area (Å²) in [6.07, 6.45) is 3.03. The third-order valence-corrected chi connectivity index (χ3v) is 12.0. The first-order valence-electron chi connectivity index (χ1n) is 15.3. The highest BCUT2D eigenvalue weighted by molar-refractivity contribution is 7.89. The first kappa shape index (κ1) is 30.1. The molecule has 44 heavy (non-hydrogen) atoms. The molecule has 3 aromatic rings. The van der Waals surface area contributed by atoms with Gasteiger partial charge in [-0.05, 0) is 84.5 Å². The second-order valence-corrected chi connectivity index (χ2v) is 15.9. The fourth-order valence-electron chi connectivity index (χ4n) is 7.07. The molecular formula is C29H38F2N8O3S2. The Morgan fingerprint density at radius 3 is 2.43 bits per heavy atom. The van der Waals surface area contributed by atoms with E-state index in [1.165, 1.54) is 6.07 Å². The fraction of sp³-hybridized carbons (Fsp3) is 0.655. The molecule has 0 radical (unpaired) electrons. The van der Waals surface area contributed by atoms with Crippen molar-refractivity contribution in [2.24, 2.45) is 0 Å².